The van der Waals surface area contributed by atoms with Gasteiger partial charge in [0.2, 0.25) is 0 Å². The molecule has 0 atom stereocenters. The largest absolute Gasteiger partial charge is 0 e. The van der Waals surface area contributed by atoms with Gasteiger partial charge in [0.25, 0.3) is 5.91 Å². The zero-order valence-corrected chi connectivity index (χ0v) is 31.6. The van der Waals surface area contributed by atoms with Gasteiger partial charge in [0.1, 0.15) is 0 Å². The van der Waals surface area contributed by atoms with Crippen molar-refractivity contribution in [3.8, 4) is 0 Å². The van der Waals surface area contributed by atoms with Gasteiger partial charge in [-0.05, 0) is 74.4 Å². The van der Waals surface area contributed by atoms with Crippen molar-refractivity contribution in [2.24, 2.45) is 4.99 Å². The number of benzene rings is 2. The number of aryl methyl sites for hydroxylation is 1. The van der Waals surface area contributed by atoms with Gasteiger partial charge in [-0.2, -0.15) is 0 Å². The summed E-state index contributed by atoms with van der Waals surface area (Å²) >= 11 is 7.18. The molecule has 2 aromatic carbocycles. The van der Waals surface area contributed by atoms with Crippen molar-refractivity contribution in [3.05, 3.63) is 100.0 Å². The number of hydrogen-bond donors (Lipinski definition) is 0. The predicted octanol–water partition coefficient (Wildman–Crippen LogP) is 2.22. The molecule has 0 saturated heterocycles. The first-order chi connectivity index (χ1) is 21.5. The normalized spacial score (nSPS) is 7.77. The molecule has 0 amide bonds. The Hall–Kier alpha value is -3.74. The summed E-state index contributed by atoms with van der Waals surface area (Å²) in [7, 11) is 4.69. The molecule has 48 heavy (non-hydrogen) atoms. The Bertz CT molecular complexity index is 1350. The number of carbonyl (C=O) groups is 1. The Labute approximate surface area is 312 Å². The second-order valence-electron chi connectivity index (χ2n) is 7.27. The molecule has 2 heterocycles. The molecule has 267 valence electrons. The molecule has 6 N–H and O–H groups in total. The van der Waals surface area contributed by atoms with Crippen LogP contribution in [0.1, 0.15) is 32.9 Å². The van der Waals surface area contributed by atoms with Crippen molar-refractivity contribution in [1.82, 2.24) is 9.55 Å². The molecule has 1 radical (unpaired) electrons. The molecule has 4 aromatic rings. The number of fused-ring (bicyclic) bond motifs is 1. The minimum Gasteiger partial charge on any atom is 0 e. The molecule has 4 rings (SSSR count). The zero-order valence-electron chi connectivity index (χ0n) is 25.5. The van der Waals surface area contributed by atoms with Gasteiger partial charge >= 0.3 is 27.7 Å². The van der Waals surface area contributed by atoms with Crippen LogP contribution in [0.5, 0.6) is 0 Å². The second kappa shape index (κ2) is 43.3. The summed E-state index contributed by atoms with van der Waals surface area (Å²) in [6.07, 6.45) is 4.29. The predicted molar refractivity (Wildman–Crippen MR) is 180 cm³/mol. The first kappa shape index (κ1) is 63.0. The third kappa shape index (κ3) is 21.2. The van der Waals surface area contributed by atoms with Crippen LogP contribution in [0.25, 0.3) is 10.9 Å². The minimum atomic E-state index is -0.0544. The van der Waals surface area contributed by atoms with Gasteiger partial charge in [0.05, 0.1) is 11.2 Å². The Morgan fingerprint density at radius 2 is 1.31 bits per heavy atom. The van der Waals surface area contributed by atoms with Gasteiger partial charge in [0, 0.05) is 60.7 Å². The van der Waals surface area contributed by atoms with Crippen LogP contribution < -0.4 is 0 Å². The summed E-state index contributed by atoms with van der Waals surface area (Å²) in [5, 5.41) is 1.71. The third-order valence-electron chi connectivity index (χ3n) is 5.19. The molecule has 0 aliphatic heterocycles. The van der Waals surface area contributed by atoms with Crippen molar-refractivity contribution in [3.63, 3.8) is 0 Å². The van der Waals surface area contributed by atoms with Crippen LogP contribution in [0.3, 0.4) is 0 Å². The van der Waals surface area contributed by atoms with Crippen molar-refractivity contribution in [1.29, 1.82) is 0 Å². The Kier molecular flexibility index (Phi) is 56.8. The van der Waals surface area contributed by atoms with E-state index >= 15 is 0 Å². The van der Waals surface area contributed by atoms with Crippen molar-refractivity contribution < 1.29 is 88.3 Å². The van der Waals surface area contributed by atoms with Gasteiger partial charge < -0.3 is 45.2 Å². The molecule has 0 bridgehead atoms. The average molecular weight is 964 g/mol. The summed E-state index contributed by atoms with van der Waals surface area (Å²) in [5.74, 6) is -0.0544. The first-order valence-corrected chi connectivity index (χ1v) is 15.2. The van der Waals surface area contributed by atoms with E-state index in [4.69, 9.17) is 49.9 Å². The van der Waals surface area contributed by atoms with Crippen LogP contribution in [0.4, 0.5) is 0 Å². The molecular weight excluding hydrogens is 929 g/mol. The third-order valence-corrected chi connectivity index (χ3v) is 5.44. The van der Waals surface area contributed by atoms with Gasteiger partial charge in [-0.25, -0.2) is 0 Å². The van der Waals surface area contributed by atoms with Crippen LogP contribution >= 0.6 is 21.1 Å². The van der Waals surface area contributed by atoms with E-state index < -0.39 is 0 Å². The zero-order chi connectivity index (χ0) is 35.1. The molecule has 0 spiro atoms. The van der Waals surface area contributed by atoms with Crippen molar-refractivity contribution >= 4 is 84.9 Å². The van der Waals surface area contributed by atoms with E-state index in [0.29, 0.717) is 17.1 Å². The van der Waals surface area contributed by atoms with Crippen LogP contribution in [0.2, 0.25) is 5.02 Å². The van der Waals surface area contributed by atoms with Gasteiger partial charge in [-0.3, -0.25) is 60.1 Å². The first-order valence-electron chi connectivity index (χ1n) is 11.4. The summed E-state index contributed by atoms with van der Waals surface area (Å²) in [4.78, 5) is 68.6. The smallest absolute Gasteiger partial charge is 0 e. The number of aromatic nitrogens is 2. The van der Waals surface area contributed by atoms with Crippen LogP contribution in [-0.4, -0.2) is 85.4 Å². The van der Waals surface area contributed by atoms with E-state index in [9.17, 15) is 4.79 Å². The molecule has 13 nitrogen and oxygen atoms in total. The number of rotatable bonds is 5. The van der Waals surface area contributed by atoms with Crippen LogP contribution in [0.15, 0.2) is 71.9 Å². The Balaban J connectivity index is -0.000000132. The maximum Gasteiger partial charge on any atom is 0 e. The van der Waals surface area contributed by atoms with E-state index in [2.05, 4.69) is 63.7 Å². The maximum absolute atomic E-state index is 13.3. The Morgan fingerprint density at radius 3 is 1.77 bits per heavy atom. The molecule has 0 unspecified atom stereocenters. The fraction of sp³-hybridized carbons (Fsp3) is 0.129. The van der Waals surface area contributed by atoms with E-state index in [1.165, 1.54) is 18.2 Å². The van der Waals surface area contributed by atoms with Gasteiger partial charge in [-0.15, -0.1) is 0 Å². The molecule has 2 aromatic heterocycles. The van der Waals surface area contributed by atoms with E-state index in [1.54, 1.807) is 41.2 Å². The maximum atomic E-state index is 13.3. The monoisotopic (exact) mass is 962 g/mol. The fourth-order valence-electron chi connectivity index (χ4n) is 3.68. The Morgan fingerprint density at radius 1 is 0.812 bits per heavy atom. The fourth-order valence-corrected chi connectivity index (χ4v) is 3.81. The van der Waals surface area contributed by atoms with Gasteiger partial charge in [-0.1, -0.05) is 29.3 Å². The quantitative estimate of drug-likeness (QED) is 0.163. The van der Waals surface area contributed by atoms with E-state index in [0.717, 1.165) is 39.8 Å². The summed E-state index contributed by atoms with van der Waals surface area (Å²) < 4.78 is 1.80. The van der Waals surface area contributed by atoms with E-state index in [-0.39, 0.29) is 42.4 Å². The van der Waals surface area contributed by atoms with E-state index in [1.807, 2.05) is 37.3 Å². The topological polar surface area (TPSA) is 244 Å². The summed E-state index contributed by atoms with van der Waals surface area (Å²) in [5.41, 5.74) is 5.63. The molecule has 0 aliphatic rings. The number of aliphatic imine (C=N–C) groups is 1. The number of pyridine rings is 1. The standard InChI is InChI=1S/C25H22ClN3O.6CHO.ClH.3H2O.Re.Tc/c1-17-6-11-24-23(15-17)22(12-14-27-16-21-5-3-4-13-28-21)18(2)29(24)25(30)19-7-9-20(26)10-8-19;6*1-2;;;;;;/h3-11,13,15-16H,12,14H2,1-2H3;6*1H;1H;3*1H2;;/q;6*-1;;;;;+1;/p-1. The summed E-state index contributed by atoms with van der Waals surface area (Å²) in [6.45, 7) is 24.2. The van der Waals surface area contributed by atoms with Crippen molar-refractivity contribution in [2.45, 2.75) is 20.3 Å². The second-order valence-corrected chi connectivity index (χ2v) is 7.71. The number of carbonyl (C=O) groups excluding carboxylic acids is 7. The minimum absolute atomic E-state index is 0. The van der Waals surface area contributed by atoms with Crippen molar-refractivity contribution in [2.75, 3.05) is 6.54 Å². The summed E-state index contributed by atoms with van der Waals surface area (Å²) in [6, 6.07) is 19.0. The molecular formula is C31H34Cl2N3O10ReTc-6. The van der Waals surface area contributed by atoms with Crippen LogP contribution in [0, 0.1) is 13.8 Å². The van der Waals surface area contributed by atoms with Crippen LogP contribution in [-0.2, 0) is 73.5 Å². The number of hydrogen-bond acceptors (Lipinski definition) is 9. The average Bonchev–Trinajstić information content (AvgIpc) is 3.39. The molecule has 17 heteroatoms. The molecule has 0 fully saturated rings. The SMILES string of the molecule is Cc1ccc2c(c1)c(CCN=Cc1ccccn1)c(C)n2C(=O)c1ccc(Cl)cc1.O.O.O.[CH-]=O.[CH-]=O.[CH-]=O.[CH-]=O.[CH-]=O.[CH-]=O.[Cl][Re].[Tc]. The number of halogens is 2. The number of nitrogens with zero attached hydrogens (tertiary/aromatic N) is 3. The van der Waals surface area contributed by atoms with Gasteiger partial charge in [0.15, 0.2) is 0 Å². The molecule has 0 aliphatic carbocycles. The molecule has 0 saturated carbocycles.